The van der Waals surface area contributed by atoms with Crippen LogP contribution in [0, 0.1) is 23.2 Å². The maximum Gasteiger partial charge on any atom is 0.408 e. The zero-order chi connectivity index (χ0) is 35.5. The third kappa shape index (κ3) is 13.1. The molecule has 1 aromatic rings. The Kier molecular flexibility index (Phi) is 15.0. The van der Waals surface area contributed by atoms with E-state index in [1.807, 2.05) is 12.1 Å². The number of rotatable bonds is 20. The minimum atomic E-state index is -1.11. The van der Waals surface area contributed by atoms with Crippen molar-refractivity contribution in [3.8, 4) is 5.75 Å². The van der Waals surface area contributed by atoms with Crippen LogP contribution in [0.1, 0.15) is 117 Å². The van der Waals surface area contributed by atoms with Gasteiger partial charge in [0.2, 0.25) is 5.91 Å². The number of fused-ring (bicyclic) bond motifs is 2. The fourth-order valence-electron chi connectivity index (χ4n) is 7.93. The van der Waals surface area contributed by atoms with E-state index >= 15 is 0 Å². The number of nitrogens with one attached hydrogen (secondary N) is 3. The van der Waals surface area contributed by atoms with E-state index in [9.17, 15) is 14.4 Å². The molecule has 0 aromatic heterocycles. The molecule has 10 heteroatoms. The molecule has 1 fully saturated rings. The van der Waals surface area contributed by atoms with Crippen molar-refractivity contribution in [3.05, 3.63) is 29.3 Å². The lowest BCUT2D eigenvalue weighted by Gasteiger charge is -2.33. The Morgan fingerprint density at radius 3 is 2.46 bits per heavy atom. The lowest BCUT2D eigenvalue weighted by Crippen LogP contribution is -2.56. The molecule has 0 radical (unpaired) electrons. The quantitative estimate of drug-likeness (QED) is 0.0741. The van der Waals surface area contributed by atoms with Crippen molar-refractivity contribution in [2.45, 2.75) is 135 Å². The number of thiol groups is 1. The van der Waals surface area contributed by atoms with Gasteiger partial charge in [0.1, 0.15) is 17.4 Å². The molecule has 48 heavy (non-hydrogen) atoms. The van der Waals surface area contributed by atoms with Gasteiger partial charge in [0, 0.05) is 24.4 Å². The highest BCUT2D eigenvalue weighted by molar-refractivity contribution is 7.81. The minimum absolute atomic E-state index is 0.0474. The molecule has 3 rings (SSSR count). The van der Waals surface area contributed by atoms with Crippen molar-refractivity contribution in [2.24, 2.45) is 23.2 Å². The predicted octanol–water partition coefficient (Wildman–Crippen LogP) is 6.96. The van der Waals surface area contributed by atoms with E-state index in [1.54, 1.807) is 13.8 Å². The summed E-state index contributed by atoms with van der Waals surface area (Å²) in [6.07, 6.45) is 10.2. The number of carboxylic acids is 1. The van der Waals surface area contributed by atoms with Crippen molar-refractivity contribution >= 4 is 30.6 Å². The summed E-state index contributed by atoms with van der Waals surface area (Å²) in [7, 11) is 0. The molecule has 0 spiro atoms. The molecular weight excluding hydrogens is 627 g/mol. The second-order valence-corrected chi connectivity index (χ2v) is 17.4. The molecule has 1 aromatic carbocycles. The van der Waals surface area contributed by atoms with Crippen LogP contribution in [0.25, 0.3) is 0 Å². The summed E-state index contributed by atoms with van der Waals surface area (Å²) >= 11 is 4.66. The minimum Gasteiger partial charge on any atom is -0.482 e. The van der Waals surface area contributed by atoms with Crippen LogP contribution >= 0.6 is 12.6 Å². The van der Waals surface area contributed by atoms with Gasteiger partial charge in [-0.25, -0.2) is 9.59 Å². The summed E-state index contributed by atoms with van der Waals surface area (Å²) in [6.45, 7) is 15.8. The van der Waals surface area contributed by atoms with E-state index in [0.717, 1.165) is 77.2 Å². The van der Waals surface area contributed by atoms with E-state index in [-0.39, 0.29) is 28.8 Å². The summed E-state index contributed by atoms with van der Waals surface area (Å²) in [5, 5.41) is 18.3. The zero-order valence-corrected chi connectivity index (χ0v) is 31.5. The summed E-state index contributed by atoms with van der Waals surface area (Å²) in [4.78, 5) is 37.2. The van der Waals surface area contributed by atoms with Gasteiger partial charge in [-0.15, -0.1) is 0 Å². The van der Waals surface area contributed by atoms with Crippen molar-refractivity contribution < 1.29 is 29.0 Å². The van der Waals surface area contributed by atoms with E-state index in [0.29, 0.717) is 36.6 Å². The van der Waals surface area contributed by atoms with E-state index in [4.69, 9.17) is 14.6 Å². The molecule has 4 unspecified atom stereocenters. The number of carboxylic acid groups (broad SMARTS) is 1. The summed E-state index contributed by atoms with van der Waals surface area (Å²) < 4.78 is 11.6. The molecule has 0 heterocycles. The maximum absolute atomic E-state index is 13.1. The van der Waals surface area contributed by atoms with E-state index < -0.39 is 17.6 Å². The fourth-order valence-corrected chi connectivity index (χ4v) is 8.36. The molecular formula is C38H63N3O6S. The molecule has 0 saturated heterocycles. The van der Waals surface area contributed by atoms with Crippen LogP contribution in [-0.4, -0.2) is 65.7 Å². The second kappa shape index (κ2) is 18.0. The first-order valence-corrected chi connectivity index (χ1v) is 18.6. The molecule has 272 valence electrons. The molecule has 2 aliphatic carbocycles. The van der Waals surface area contributed by atoms with Crippen molar-refractivity contribution in [3.63, 3.8) is 0 Å². The Labute approximate surface area is 294 Å². The fraction of sp³-hybridized carbons (Fsp3) is 0.763. The monoisotopic (exact) mass is 689 g/mol. The Morgan fingerprint density at radius 1 is 1.02 bits per heavy atom. The number of carbonyl (C=O) groups excluding carboxylic acids is 2. The number of aliphatic carboxylic acids is 1. The third-order valence-corrected chi connectivity index (χ3v) is 10.1. The molecule has 2 aliphatic rings. The first-order valence-electron chi connectivity index (χ1n) is 18.1. The van der Waals surface area contributed by atoms with Gasteiger partial charge in [0.25, 0.3) is 0 Å². The van der Waals surface area contributed by atoms with Gasteiger partial charge in [-0.1, -0.05) is 59.6 Å². The van der Waals surface area contributed by atoms with Gasteiger partial charge in [-0.05, 0) is 112 Å². The first kappa shape index (κ1) is 40.0. The summed E-state index contributed by atoms with van der Waals surface area (Å²) in [6, 6.07) is 5.99. The largest absolute Gasteiger partial charge is 0.482 e. The number of alkyl carbamates (subject to hydrolysis) is 1. The molecule has 0 bridgehead atoms. The molecule has 2 amide bonds. The zero-order valence-electron chi connectivity index (χ0n) is 30.6. The first-order chi connectivity index (χ1) is 22.5. The number of ether oxygens (including phenoxy) is 2. The number of benzene rings is 1. The Hall–Kier alpha value is -2.46. The number of carbonyl (C=O) groups is 3. The van der Waals surface area contributed by atoms with Crippen molar-refractivity contribution in [1.82, 2.24) is 16.0 Å². The van der Waals surface area contributed by atoms with Gasteiger partial charge in [0.15, 0.2) is 6.61 Å². The summed E-state index contributed by atoms with van der Waals surface area (Å²) in [5.74, 6) is 1.17. The van der Waals surface area contributed by atoms with Gasteiger partial charge >= 0.3 is 12.1 Å². The number of hydrogen-bond acceptors (Lipinski definition) is 7. The number of amides is 2. The van der Waals surface area contributed by atoms with Crippen LogP contribution < -0.4 is 20.7 Å². The van der Waals surface area contributed by atoms with Crippen LogP contribution in [0.15, 0.2) is 18.2 Å². The lowest BCUT2D eigenvalue weighted by atomic mass is 9.73. The van der Waals surface area contributed by atoms with Crippen LogP contribution in [0.4, 0.5) is 4.79 Å². The summed E-state index contributed by atoms with van der Waals surface area (Å²) in [5.41, 5.74) is 1.40. The van der Waals surface area contributed by atoms with Gasteiger partial charge in [0.05, 0.1) is 0 Å². The van der Waals surface area contributed by atoms with Crippen LogP contribution in [-0.2, 0) is 27.2 Å². The standard InChI is InChI=1S/C38H63N3O6S/c1-8-9-10-13-29(47-35(45)41-38(6,7)34(44)40-20-19-39-25-36(2,3)24-37(4,5)48)18-17-26-15-16-28-22-31-27(21-30(26)28)12-11-14-32(31)46-23-33(42)43/h11-12,14,26,28-30,39,48H,8-10,13,15-25H2,1-7H3,(H,40,44)(H,41,45)(H,42,43). The highest BCUT2D eigenvalue weighted by Crippen LogP contribution is 2.48. The molecule has 1 saturated carbocycles. The van der Waals surface area contributed by atoms with Gasteiger partial charge < -0.3 is 30.5 Å². The molecule has 4 N–H and O–H groups in total. The highest BCUT2D eigenvalue weighted by Gasteiger charge is 2.40. The Bertz CT molecular complexity index is 1210. The second-order valence-electron chi connectivity index (χ2n) is 16.2. The predicted molar refractivity (Wildman–Crippen MR) is 195 cm³/mol. The molecule has 0 aliphatic heterocycles. The topological polar surface area (TPSA) is 126 Å². The average molecular weight is 690 g/mol. The molecule has 4 atom stereocenters. The number of unbranched alkanes of at least 4 members (excludes halogenated alkanes) is 2. The third-order valence-electron chi connectivity index (χ3n) is 9.97. The van der Waals surface area contributed by atoms with Crippen LogP contribution in [0.5, 0.6) is 5.75 Å². The highest BCUT2D eigenvalue weighted by atomic mass is 32.1. The van der Waals surface area contributed by atoms with E-state index in [2.05, 4.69) is 69.3 Å². The van der Waals surface area contributed by atoms with Crippen molar-refractivity contribution in [2.75, 3.05) is 26.2 Å². The van der Waals surface area contributed by atoms with Gasteiger partial charge in [-0.2, -0.15) is 12.6 Å². The smallest absolute Gasteiger partial charge is 0.408 e. The van der Waals surface area contributed by atoms with E-state index in [1.165, 1.54) is 11.1 Å². The SMILES string of the molecule is CCCCCC(CCC1CCC2Cc3c(cccc3OCC(=O)O)CC12)OC(=O)NC(C)(C)C(=O)NCCNCC(C)(C)CC(C)(C)S. The Balaban J connectivity index is 1.49. The van der Waals surface area contributed by atoms with Crippen LogP contribution in [0.2, 0.25) is 0 Å². The Morgan fingerprint density at radius 2 is 1.77 bits per heavy atom. The average Bonchev–Trinajstić information content (AvgIpc) is 3.37. The normalized spacial score (nSPS) is 20.0. The van der Waals surface area contributed by atoms with Crippen LogP contribution in [0.3, 0.4) is 0 Å². The molecule has 9 nitrogen and oxygen atoms in total. The maximum atomic E-state index is 13.1. The van der Waals surface area contributed by atoms with Gasteiger partial charge in [-0.3, -0.25) is 4.79 Å². The number of hydrogen-bond donors (Lipinski definition) is 5. The van der Waals surface area contributed by atoms with Crippen molar-refractivity contribution in [1.29, 1.82) is 0 Å². The lowest BCUT2D eigenvalue weighted by molar-refractivity contribution is -0.139.